The van der Waals surface area contributed by atoms with Gasteiger partial charge in [0.05, 0.1) is 11.4 Å². The quantitative estimate of drug-likeness (QED) is 0.337. The van der Waals surface area contributed by atoms with Crippen molar-refractivity contribution in [1.29, 1.82) is 0 Å². The van der Waals surface area contributed by atoms with Crippen LogP contribution in [-0.4, -0.2) is 0 Å². The molecule has 1 heterocycles. The van der Waals surface area contributed by atoms with Crippen molar-refractivity contribution < 1.29 is 0 Å². The van der Waals surface area contributed by atoms with Gasteiger partial charge in [0.2, 0.25) is 0 Å². The van der Waals surface area contributed by atoms with Crippen molar-refractivity contribution in [3.63, 3.8) is 0 Å². The molecule has 0 spiro atoms. The first-order valence-electron chi connectivity index (χ1n) is 8.92. The molecule has 129 valence electrons. The minimum absolute atomic E-state index is 1.02. The summed E-state index contributed by atoms with van der Waals surface area (Å²) in [6.45, 7) is 0. The van der Waals surface area contributed by atoms with Crippen molar-refractivity contribution in [1.82, 2.24) is 5.32 Å². The Hall–Kier alpha value is -3.17. The van der Waals surface area contributed by atoms with E-state index in [0.717, 1.165) is 28.4 Å². The number of nitrogens with zero attached hydrogens (tertiary/aromatic N) is 2. The van der Waals surface area contributed by atoms with Gasteiger partial charge in [-0.15, -0.1) is 0 Å². The Labute approximate surface area is 163 Å². The van der Waals surface area contributed by atoms with Gasteiger partial charge in [0.1, 0.15) is 5.69 Å². The highest BCUT2D eigenvalue weighted by molar-refractivity contribution is 7.99. The van der Waals surface area contributed by atoms with Gasteiger partial charge < -0.3 is 4.90 Å². The topological polar surface area (TPSA) is 17.3 Å². The molecule has 0 aromatic heterocycles. The lowest BCUT2D eigenvalue weighted by Crippen LogP contribution is -2.13. The molecule has 0 atom stereocenters. The predicted molar refractivity (Wildman–Crippen MR) is 113 cm³/mol. The molecular weight excluding hydrogens is 348 g/mol. The number of fused-ring (bicyclic) bond motifs is 2. The fourth-order valence-electron chi connectivity index (χ4n) is 3.34. The largest absolute Gasteiger partial charge is 0.308 e. The summed E-state index contributed by atoms with van der Waals surface area (Å²) in [5, 5.41) is 5.02. The van der Waals surface area contributed by atoms with Crippen LogP contribution < -0.4 is 10.2 Å². The minimum Gasteiger partial charge on any atom is -0.308 e. The molecule has 0 saturated heterocycles. The summed E-state index contributed by atoms with van der Waals surface area (Å²) in [5.74, 6) is 0. The SMILES string of the molecule is c1ccc(N(c2ccccc2)c2cccc3c2[N]c2ccccc2S3)cc1. The second kappa shape index (κ2) is 6.86. The number of hydrogen-bond donors (Lipinski definition) is 0. The standard InChI is InChI=1S/C24H17N2S/c1-3-10-18(11-4-1)26(19-12-5-2-6-13-19)21-15-9-17-23-24(21)25-20-14-7-8-16-22(20)27-23/h1-17H. The average Bonchev–Trinajstić information content (AvgIpc) is 2.74. The number of anilines is 3. The Morgan fingerprint density at radius 3 is 1.85 bits per heavy atom. The highest BCUT2D eigenvalue weighted by Gasteiger charge is 2.23. The molecule has 4 aromatic carbocycles. The number of hydrogen-bond acceptors (Lipinski definition) is 2. The van der Waals surface area contributed by atoms with Crippen molar-refractivity contribution in [2.45, 2.75) is 9.79 Å². The Morgan fingerprint density at radius 2 is 1.15 bits per heavy atom. The van der Waals surface area contributed by atoms with Gasteiger partial charge in [-0.3, -0.25) is 0 Å². The summed E-state index contributed by atoms with van der Waals surface area (Å²) < 4.78 is 0. The fourth-order valence-corrected chi connectivity index (χ4v) is 4.34. The molecule has 5 rings (SSSR count). The fraction of sp³-hybridized carbons (Fsp3) is 0. The Balaban J connectivity index is 1.69. The van der Waals surface area contributed by atoms with Crippen LogP contribution in [0.3, 0.4) is 0 Å². The normalized spacial score (nSPS) is 11.9. The zero-order chi connectivity index (χ0) is 18.1. The van der Waals surface area contributed by atoms with Crippen LogP contribution >= 0.6 is 11.8 Å². The highest BCUT2D eigenvalue weighted by Crippen LogP contribution is 2.50. The van der Waals surface area contributed by atoms with Crippen LogP contribution in [0.25, 0.3) is 0 Å². The lowest BCUT2D eigenvalue weighted by Gasteiger charge is -2.29. The minimum atomic E-state index is 1.02. The lowest BCUT2D eigenvalue weighted by molar-refractivity contribution is 1.07. The first kappa shape index (κ1) is 16.0. The second-order valence-corrected chi connectivity index (χ2v) is 7.40. The molecule has 4 aromatic rings. The highest BCUT2D eigenvalue weighted by atomic mass is 32.2. The Kier molecular flexibility index (Phi) is 4.07. The van der Waals surface area contributed by atoms with Gasteiger partial charge in [-0.2, -0.15) is 0 Å². The zero-order valence-corrected chi connectivity index (χ0v) is 15.4. The maximum absolute atomic E-state index is 5.02. The Bertz CT molecular complexity index is 1040. The molecule has 3 heteroatoms. The molecule has 1 aliphatic heterocycles. The third-order valence-electron chi connectivity index (χ3n) is 4.56. The predicted octanol–water partition coefficient (Wildman–Crippen LogP) is 7.19. The molecule has 0 N–H and O–H groups in total. The monoisotopic (exact) mass is 365 g/mol. The van der Waals surface area contributed by atoms with Crippen LogP contribution in [0.2, 0.25) is 0 Å². The van der Waals surface area contributed by atoms with E-state index in [1.165, 1.54) is 9.79 Å². The molecule has 2 nitrogen and oxygen atoms in total. The van der Waals surface area contributed by atoms with Gasteiger partial charge in [0.25, 0.3) is 0 Å². The molecule has 0 fully saturated rings. The zero-order valence-electron chi connectivity index (χ0n) is 14.6. The average molecular weight is 365 g/mol. The molecular formula is C24H17N2S. The van der Waals surface area contributed by atoms with Crippen LogP contribution in [0.1, 0.15) is 0 Å². The molecule has 0 amide bonds. The summed E-state index contributed by atoms with van der Waals surface area (Å²) in [6, 6.07) is 35.7. The van der Waals surface area contributed by atoms with E-state index in [9.17, 15) is 0 Å². The van der Waals surface area contributed by atoms with Crippen molar-refractivity contribution >= 4 is 40.2 Å². The van der Waals surface area contributed by atoms with Crippen molar-refractivity contribution in [2.24, 2.45) is 0 Å². The van der Waals surface area contributed by atoms with Gasteiger partial charge >= 0.3 is 0 Å². The van der Waals surface area contributed by atoms with E-state index in [1.807, 2.05) is 18.2 Å². The van der Waals surface area contributed by atoms with Crippen LogP contribution in [0, 0.1) is 0 Å². The van der Waals surface area contributed by atoms with E-state index < -0.39 is 0 Å². The van der Waals surface area contributed by atoms with E-state index >= 15 is 0 Å². The van der Waals surface area contributed by atoms with Crippen molar-refractivity contribution in [3.05, 3.63) is 103 Å². The van der Waals surface area contributed by atoms with E-state index in [0.29, 0.717) is 0 Å². The van der Waals surface area contributed by atoms with Gasteiger partial charge in [-0.25, -0.2) is 5.32 Å². The van der Waals surface area contributed by atoms with E-state index in [4.69, 9.17) is 5.32 Å². The molecule has 0 unspecified atom stereocenters. The summed E-state index contributed by atoms with van der Waals surface area (Å²) in [4.78, 5) is 4.66. The smallest absolute Gasteiger partial charge is 0.102 e. The third-order valence-corrected chi connectivity index (χ3v) is 5.68. The summed E-state index contributed by atoms with van der Waals surface area (Å²) in [7, 11) is 0. The molecule has 0 aliphatic carbocycles. The summed E-state index contributed by atoms with van der Waals surface area (Å²) in [5.41, 5.74) is 5.39. The van der Waals surface area contributed by atoms with E-state index in [2.05, 4.69) is 89.8 Å². The van der Waals surface area contributed by atoms with E-state index in [1.54, 1.807) is 11.8 Å². The molecule has 27 heavy (non-hydrogen) atoms. The van der Waals surface area contributed by atoms with Gasteiger partial charge in [-0.1, -0.05) is 66.4 Å². The second-order valence-electron chi connectivity index (χ2n) is 6.31. The van der Waals surface area contributed by atoms with E-state index in [-0.39, 0.29) is 0 Å². The van der Waals surface area contributed by atoms with Crippen LogP contribution in [0.5, 0.6) is 0 Å². The van der Waals surface area contributed by atoms with Crippen LogP contribution in [-0.2, 0) is 0 Å². The molecule has 0 bridgehead atoms. The Morgan fingerprint density at radius 1 is 0.556 bits per heavy atom. The maximum Gasteiger partial charge on any atom is 0.102 e. The lowest BCUT2D eigenvalue weighted by atomic mass is 10.1. The number of benzene rings is 4. The van der Waals surface area contributed by atoms with Crippen molar-refractivity contribution in [2.75, 3.05) is 4.90 Å². The summed E-state index contributed by atoms with van der Waals surface area (Å²) in [6.07, 6.45) is 0. The van der Waals surface area contributed by atoms with Gasteiger partial charge in [0.15, 0.2) is 0 Å². The number of rotatable bonds is 3. The first-order chi connectivity index (χ1) is 13.4. The summed E-state index contributed by atoms with van der Waals surface area (Å²) >= 11 is 1.78. The molecule has 1 radical (unpaired) electrons. The number of para-hydroxylation sites is 4. The van der Waals surface area contributed by atoms with Crippen LogP contribution in [0.15, 0.2) is 113 Å². The molecule has 0 saturated carbocycles. The maximum atomic E-state index is 5.02. The third kappa shape index (κ3) is 2.96. The van der Waals surface area contributed by atoms with Gasteiger partial charge in [-0.05, 0) is 48.5 Å². The van der Waals surface area contributed by atoms with Gasteiger partial charge in [0, 0.05) is 21.2 Å². The first-order valence-corrected chi connectivity index (χ1v) is 9.74. The molecule has 1 aliphatic rings. The van der Waals surface area contributed by atoms with Crippen molar-refractivity contribution in [3.8, 4) is 0 Å². The van der Waals surface area contributed by atoms with Crippen LogP contribution in [0.4, 0.5) is 28.4 Å².